The van der Waals surface area contributed by atoms with Crippen LogP contribution in [0.25, 0.3) is 0 Å². The van der Waals surface area contributed by atoms with Crippen LogP contribution < -0.4 is 0 Å². The number of rotatable bonds is 53. The zero-order valence-corrected chi connectivity index (χ0v) is 45.5. The third-order valence-corrected chi connectivity index (χ3v) is 14.0. The SMILES string of the molecule is CCC(C)CCCCCCCCCCCCCCCCCCCCC(=O)OC[C@@H](COC(=O)CCCCCCCCCCCCCC(C)C)OC(=O)CCCCCCCCCCCC(C)C. The van der Waals surface area contributed by atoms with Gasteiger partial charge in [-0.05, 0) is 37.0 Å². The zero-order chi connectivity index (χ0) is 48.4. The first-order chi connectivity index (χ1) is 32.1. The molecule has 0 N–H and O–H groups in total. The molecule has 0 aliphatic carbocycles. The Morgan fingerprint density at radius 1 is 0.303 bits per heavy atom. The van der Waals surface area contributed by atoms with Crippen LogP contribution in [-0.4, -0.2) is 37.2 Å². The normalized spacial score (nSPS) is 12.5. The van der Waals surface area contributed by atoms with Crippen molar-refractivity contribution in [2.24, 2.45) is 17.8 Å². The number of unbranched alkanes of at least 4 members (excludes halogenated alkanes) is 35. The number of hydrogen-bond donors (Lipinski definition) is 0. The van der Waals surface area contributed by atoms with Gasteiger partial charge in [0.15, 0.2) is 6.10 Å². The summed E-state index contributed by atoms with van der Waals surface area (Å²) in [7, 11) is 0. The van der Waals surface area contributed by atoms with Crippen LogP contribution in [0.2, 0.25) is 0 Å². The third kappa shape index (κ3) is 51.8. The second kappa shape index (κ2) is 51.3. The predicted octanol–water partition coefficient (Wildman–Crippen LogP) is 19.5. The zero-order valence-electron chi connectivity index (χ0n) is 45.5. The van der Waals surface area contributed by atoms with E-state index in [1.54, 1.807) is 0 Å². The van der Waals surface area contributed by atoms with Gasteiger partial charge < -0.3 is 14.2 Å². The van der Waals surface area contributed by atoms with Crippen molar-refractivity contribution in [2.45, 2.75) is 337 Å². The van der Waals surface area contributed by atoms with E-state index in [2.05, 4.69) is 41.5 Å². The Balaban J connectivity index is 4.22. The quantitative estimate of drug-likeness (QED) is 0.0343. The van der Waals surface area contributed by atoms with E-state index in [1.165, 1.54) is 212 Å². The van der Waals surface area contributed by atoms with Crippen molar-refractivity contribution in [3.05, 3.63) is 0 Å². The molecule has 1 unspecified atom stereocenters. The molecule has 0 aliphatic rings. The average molecular weight is 934 g/mol. The van der Waals surface area contributed by atoms with Crippen molar-refractivity contribution >= 4 is 17.9 Å². The Kier molecular flexibility index (Phi) is 50.0. The summed E-state index contributed by atoms with van der Waals surface area (Å²) in [5.74, 6) is 1.70. The summed E-state index contributed by atoms with van der Waals surface area (Å²) in [5.41, 5.74) is 0. The van der Waals surface area contributed by atoms with E-state index in [1.807, 2.05) is 0 Å². The lowest BCUT2D eigenvalue weighted by molar-refractivity contribution is -0.167. The highest BCUT2D eigenvalue weighted by Gasteiger charge is 2.19. The maximum absolute atomic E-state index is 12.8. The van der Waals surface area contributed by atoms with Crippen molar-refractivity contribution in [3.8, 4) is 0 Å². The highest BCUT2D eigenvalue weighted by molar-refractivity contribution is 5.71. The Labute approximate surface area is 412 Å². The fourth-order valence-corrected chi connectivity index (χ4v) is 9.14. The molecular formula is C60H116O6. The second-order valence-electron chi connectivity index (χ2n) is 21.8. The van der Waals surface area contributed by atoms with E-state index < -0.39 is 6.10 Å². The fraction of sp³-hybridized carbons (Fsp3) is 0.950. The molecule has 0 fully saturated rings. The summed E-state index contributed by atoms with van der Waals surface area (Å²) in [6.45, 7) is 13.8. The van der Waals surface area contributed by atoms with Crippen LogP contribution >= 0.6 is 0 Å². The molecule has 392 valence electrons. The summed E-state index contributed by atoms with van der Waals surface area (Å²) >= 11 is 0. The maximum Gasteiger partial charge on any atom is 0.306 e. The minimum Gasteiger partial charge on any atom is -0.462 e. The van der Waals surface area contributed by atoms with E-state index >= 15 is 0 Å². The highest BCUT2D eigenvalue weighted by atomic mass is 16.6. The molecule has 0 radical (unpaired) electrons. The van der Waals surface area contributed by atoms with Crippen molar-refractivity contribution in [1.82, 2.24) is 0 Å². The molecule has 0 rings (SSSR count). The second-order valence-corrected chi connectivity index (χ2v) is 21.8. The van der Waals surface area contributed by atoms with Gasteiger partial charge >= 0.3 is 17.9 Å². The van der Waals surface area contributed by atoms with Crippen molar-refractivity contribution in [3.63, 3.8) is 0 Å². The first-order valence-electron chi connectivity index (χ1n) is 29.6. The van der Waals surface area contributed by atoms with Gasteiger partial charge in [-0.2, -0.15) is 0 Å². The lowest BCUT2D eigenvalue weighted by atomic mass is 9.99. The van der Waals surface area contributed by atoms with Crippen LogP contribution in [0.15, 0.2) is 0 Å². The van der Waals surface area contributed by atoms with Gasteiger partial charge in [0.1, 0.15) is 13.2 Å². The standard InChI is InChI=1S/C60H116O6/c1-7-56(6)48-42-36-30-24-18-14-12-10-8-9-11-13-15-19-25-31-37-43-49-58(61)64-52-57(66-60(63)51-45-39-33-27-21-23-29-35-41-47-55(4)5)53-65-59(62)50-44-38-32-26-20-16-17-22-28-34-40-46-54(2)3/h54-57H,7-53H2,1-6H3/t56?,57-/m0/s1. The fourth-order valence-electron chi connectivity index (χ4n) is 9.14. The minimum absolute atomic E-state index is 0.0638. The molecule has 6 heteroatoms. The van der Waals surface area contributed by atoms with Gasteiger partial charge in [-0.15, -0.1) is 0 Å². The summed E-state index contributed by atoms with van der Waals surface area (Å²) in [6.07, 6.45) is 53.8. The van der Waals surface area contributed by atoms with Crippen LogP contribution in [0.1, 0.15) is 330 Å². The van der Waals surface area contributed by atoms with Crippen molar-refractivity contribution in [1.29, 1.82) is 0 Å². The highest BCUT2D eigenvalue weighted by Crippen LogP contribution is 2.19. The molecule has 0 heterocycles. The molecule has 0 amide bonds. The molecule has 0 saturated heterocycles. The molecule has 0 aromatic heterocycles. The van der Waals surface area contributed by atoms with Crippen LogP contribution in [0, 0.1) is 17.8 Å². The molecule has 0 saturated carbocycles. The van der Waals surface area contributed by atoms with Gasteiger partial charge in [0.05, 0.1) is 0 Å². The number of carbonyl (C=O) groups excluding carboxylic acids is 3. The van der Waals surface area contributed by atoms with E-state index in [0.717, 1.165) is 75.5 Å². The smallest absolute Gasteiger partial charge is 0.306 e. The summed E-state index contributed by atoms with van der Waals surface area (Å²) in [4.78, 5) is 38.1. The lowest BCUT2D eigenvalue weighted by Crippen LogP contribution is -2.30. The molecule has 2 atom stereocenters. The van der Waals surface area contributed by atoms with Crippen LogP contribution in [-0.2, 0) is 28.6 Å². The van der Waals surface area contributed by atoms with Crippen LogP contribution in [0.3, 0.4) is 0 Å². The number of hydrogen-bond acceptors (Lipinski definition) is 6. The number of esters is 3. The van der Waals surface area contributed by atoms with Gasteiger partial charge in [0.25, 0.3) is 0 Å². The lowest BCUT2D eigenvalue weighted by Gasteiger charge is -2.18. The van der Waals surface area contributed by atoms with Gasteiger partial charge in [-0.3, -0.25) is 14.4 Å². The topological polar surface area (TPSA) is 78.9 Å². The van der Waals surface area contributed by atoms with Crippen molar-refractivity contribution < 1.29 is 28.6 Å². The molecule has 0 aromatic rings. The van der Waals surface area contributed by atoms with E-state index in [0.29, 0.717) is 19.3 Å². The van der Waals surface area contributed by atoms with Gasteiger partial charge in [-0.1, -0.05) is 292 Å². The van der Waals surface area contributed by atoms with E-state index in [4.69, 9.17) is 14.2 Å². The Morgan fingerprint density at radius 3 is 0.788 bits per heavy atom. The molecule has 6 nitrogen and oxygen atoms in total. The Morgan fingerprint density at radius 2 is 0.530 bits per heavy atom. The molecule has 0 spiro atoms. The Hall–Kier alpha value is -1.59. The molecular weight excluding hydrogens is 817 g/mol. The summed E-state index contributed by atoms with van der Waals surface area (Å²) < 4.78 is 16.9. The van der Waals surface area contributed by atoms with Gasteiger partial charge in [-0.25, -0.2) is 0 Å². The maximum atomic E-state index is 12.8. The first-order valence-corrected chi connectivity index (χ1v) is 29.6. The summed E-state index contributed by atoms with van der Waals surface area (Å²) in [6, 6.07) is 0. The van der Waals surface area contributed by atoms with E-state index in [9.17, 15) is 14.4 Å². The van der Waals surface area contributed by atoms with Crippen LogP contribution in [0.4, 0.5) is 0 Å². The predicted molar refractivity (Wildman–Crippen MR) is 284 cm³/mol. The van der Waals surface area contributed by atoms with Crippen LogP contribution in [0.5, 0.6) is 0 Å². The molecule has 0 aromatic carbocycles. The average Bonchev–Trinajstić information content (AvgIpc) is 3.29. The van der Waals surface area contributed by atoms with E-state index in [-0.39, 0.29) is 31.1 Å². The molecule has 0 bridgehead atoms. The number of carbonyl (C=O) groups is 3. The monoisotopic (exact) mass is 933 g/mol. The third-order valence-electron chi connectivity index (χ3n) is 14.0. The van der Waals surface area contributed by atoms with Crippen molar-refractivity contribution in [2.75, 3.05) is 13.2 Å². The largest absolute Gasteiger partial charge is 0.462 e. The molecule has 66 heavy (non-hydrogen) atoms. The summed E-state index contributed by atoms with van der Waals surface area (Å²) in [5, 5.41) is 0. The first kappa shape index (κ1) is 64.4. The minimum atomic E-state index is -0.764. The van der Waals surface area contributed by atoms with Gasteiger partial charge in [0.2, 0.25) is 0 Å². The number of ether oxygens (including phenoxy) is 3. The van der Waals surface area contributed by atoms with Gasteiger partial charge in [0, 0.05) is 19.3 Å². The Bertz CT molecular complexity index is 1020. The molecule has 0 aliphatic heterocycles.